The minimum atomic E-state index is -0.0663. The number of hydrogen-bond donors (Lipinski definition) is 2. The third-order valence-electron chi connectivity index (χ3n) is 3.96. The first-order valence-corrected chi connectivity index (χ1v) is 7.73. The van der Waals surface area contributed by atoms with Gasteiger partial charge in [-0.15, -0.1) is 0 Å². The number of rotatable bonds is 7. The van der Waals surface area contributed by atoms with E-state index in [0.717, 1.165) is 25.7 Å². The Morgan fingerprint density at radius 3 is 2.44 bits per heavy atom. The van der Waals surface area contributed by atoms with Gasteiger partial charge in [0, 0.05) is 12.1 Å². The number of amides is 1. The summed E-state index contributed by atoms with van der Waals surface area (Å²) in [6.45, 7) is 6.35. The van der Waals surface area contributed by atoms with Crippen molar-refractivity contribution in [3.63, 3.8) is 0 Å². The van der Waals surface area contributed by atoms with Crippen molar-refractivity contribution in [2.75, 3.05) is 0 Å². The maximum absolute atomic E-state index is 12.1. The van der Waals surface area contributed by atoms with Crippen LogP contribution in [0.15, 0.2) is 0 Å². The molecule has 0 radical (unpaired) electrons. The van der Waals surface area contributed by atoms with Crippen LogP contribution in [0.1, 0.15) is 72.1 Å². The summed E-state index contributed by atoms with van der Waals surface area (Å²) in [6, 6.07) is 0.826. The van der Waals surface area contributed by atoms with Gasteiger partial charge in [-0.1, -0.05) is 39.5 Å². The van der Waals surface area contributed by atoms with Gasteiger partial charge in [0.25, 0.3) is 0 Å². The molecule has 1 aliphatic rings. The topological polar surface area (TPSA) is 41.1 Å². The Morgan fingerprint density at radius 1 is 1.22 bits per heavy atom. The zero-order chi connectivity index (χ0) is 13.4. The van der Waals surface area contributed by atoms with Gasteiger partial charge in [-0.2, -0.15) is 0 Å². The zero-order valence-electron chi connectivity index (χ0n) is 12.3. The summed E-state index contributed by atoms with van der Waals surface area (Å²) in [5.74, 6) is 0.177. The molecule has 2 atom stereocenters. The molecule has 0 spiro atoms. The molecule has 0 aromatic rings. The van der Waals surface area contributed by atoms with E-state index in [-0.39, 0.29) is 11.9 Å². The summed E-state index contributed by atoms with van der Waals surface area (Å²) in [7, 11) is 0. The highest BCUT2D eigenvalue weighted by molar-refractivity contribution is 5.81. The smallest absolute Gasteiger partial charge is 0.237 e. The predicted molar refractivity (Wildman–Crippen MR) is 76.6 cm³/mol. The molecule has 0 saturated heterocycles. The third-order valence-corrected chi connectivity index (χ3v) is 3.96. The summed E-state index contributed by atoms with van der Waals surface area (Å²) >= 11 is 0. The van der Waals surface area contributed by atoms with E-state index in [2.05, 4.69) is 24.5 Å². The molecule has 1 fully saturated rings. The SMILES string of the molecule is CCCC(CC)NC(C)C(=O)NC1CCCCC1. The molecule has 1 rings (SSSR count). The summed E-state index contributed by atoms with van der Waals surface area (Å²) < 4.78 is 0. The van der Waals surface area contributed by atoms with Crippen LogP contribution in [0.25, 0.3) is 0 Å². The van der Waals surface area contributed by atoms with Gasteiger partial charge in [0.2, 0.25) is 5.91 Å². The van der Waals surface area contributed by atoms with Gasteiger partial charge in [0.15, 0.2) is 0 Å². The second-order valence-electron chi connectivity index (χ2n) is 5.63. The van der Waals surface area contributed by atoms with E-state index in [1.54, 1.807) is 0 Å². The number of nitrogens with one attached hydrogen (secondary N) is 2. The van der Waals surface area contributed by atoms with Crippen LogP contribution < -0.4 is 10.6 Å². The second kappa shape index (κ2) is 8.52. The highest BCUT2D eigenvalue weighted by Gasteiger charge is 2.20. The summed E-state index contributed by atoms with van der Waals surface area (Å²) in [5.41, 5.74) is 0. The monoisotopic (exact) mass is 254 g/mol. The molecule has 1 aliphatic carbocycles. The molecule has 0 aliphatic heterocycles. The first kappa shape index (κ1) is 15.5. The average Bonchev–Trinajstić information content (AvgIpc) is 2.39. The molecular formula is C15H30N2O. The summed E-state index contributed by atoms with van der Waals surface area (Å²) in [6.07, 6.45) is 9.58. The quantitative estimate of drug-likeness (QED) is 0.733. The van der Waals surface area contributed by atoms with Crippen LogP contribution in [0.2, 0.25) is 0 Å². The maximum atomic E-state index is 12.1. The summed E-state index contributed by atoms with van der Waals surface area (Å²) in [5, 5.41) is 6.63. The average molecular weight is 254 g/mol. The lowest BCUT2D eigenvalue weighted by Crippen LogP contribution is -2.49. The van der Waals surface area contributed by atoms with Crippen LogP contribution in [0, 0.1) is 0 Å². The molecule has 0 aromatic heterocycles. The fraction of sp³-hybridized carbons (Fsp3) is 0.933. The van der Waals surface area contributed by atoms with Crippen LogP contribution in [0.5, 0.6) is 0 Å². The van der Waals surface area contributed by atoms with E-state index in [1.165, 1.54) is 25.7 Å². The Hall–Kier alpha value is -0.570. The molecule has 18 heavy (non-hydrogen) atoms. The van der Waals surface area contributed by atoms with Crippen molar-refractivity contribution < 1.29 is 4.79 Å². The minimum absolute atomic E-state index is 0.0663. The van der Waals surface area contributed by atoms with E-state index in [9.17, 15) is 4.79 Å². The zero-order valence-corrected chi connectivity index (χ0v) is 12.3. The van der Waals surface area contributed by atoms with Crippen molar-refractivity contribution >= 4 is 5.91 Å². The maximum Gasteiger partial charge on any atom is 0.237 e. The lowest BCUT2D eigenvalue weighted by atomic mass is 9.95. The van der Waals surface area contributed by atoms with Crippen LogP contribution >= 0.6 is 0 Å². The number of hydrogen-bond acceptors (Lipinski definition) is 2. The summed E-state index contributed by atoms with van der Waals surface area (Å²) in [4.78, 5) is 12.1. The highest BCUT2D eigenvalue weighted by Crippen LogP contribution is 2.17. The third kappa shape index (κ3) is 5.38. The van der Waals surface area contributed by atoms with Gasteiger partial charge in [0.1, 0.15) is 0 Å². The molecule has 1 amide bonds. The first-order valence-electron chi connectivity index (χ1n) is 7.73. The number of carbonyl (C=O) groups excluding carboxylic acids is 1. The lowest BCUT2D eigenvalue weighted by molar-refractivity contribution is -0.123. The molecule has 0 aromatic carbocycles. The Morgan fingerprint density at radius 2 is 1.89 bits per heavy atom. The Kier molecular flexibility index (Phi) is 7.33. The van der Waals surface area contributed by atoms with Gasteiger partial charge < -0.3 is 10.6 Å². The Balaban J connectivity index is 2.30. The van der Waals surface area contributed by atoms with Crippen LogP contribution in [-0.2, 0) is 4.79 Å². The van der Waals surface area contributed by atoms with Gasteiger partial charge >= 0.3 is 0 Å². The van der Waals surface area contributed by atoms with Crippen molar-refractivity contribution in [1.82, 2.24) is 10.6 Å². The molecule has 106 valence electrons. The van der Waals surface area contributed by atoms with Crippen LogP contribution in [0.4, 0.5) is 0 Å². The van der Waals surface area contributed by atoms with Crippen molar-refractivity contribution in [1.29, 1.82) is 0 Å². The van der Waals surface area contributed by atoms with Crippen LogP contribution in [-0.4, -0.2) is 24.0 Å². The largest absolute Gasteiger partial charge is 0.352 e. The molecule has 2 N–H and O–H groups in total. The molecular weight excluding hydrogens is 224 g/mol. The minimum Gasteiger partial charge on any atom is -0.352 e. The van der Waals surface area contributed by atoms with E-state index < -0.39 is 0 Å². The van der Waals surface area contributed by atoms with E-state index >= 15 is 0 Å². The standard InChI is InChI=1S/C15H30N2O/c1-4-9-13(5-2)16-12(3)15(18)17-14-10-7-6-8-11-14/h12-14,16H,4-11H2,1-3H3,(H,17,18). The first-order chi connectivity index (χ1) is 8.67. The highest BCUT2D eigenvalue weighted by atomic mass is 16.2. The van der Waals surface area contributed by atoms with Crippen molar-refractivity contribution in [3.8, 4) is 0 Å². The van der Waals surface area contributed by atoms with Gasteiger partial charge in [-0.25, -0.2) is 0 Å². The Labute approximate surface area is 112 Å². The van der Waals surface area contributed by atoms with E-state index in [1.807, 2.05) is 6.92 Å². The van der Waals surface area contributed by atoms with Gasteiger partial charge in [-0.05, 0) is 32.6 Å². The molecule has 3 nitrogen and oxygen atoms in total. The van der Waals surface area contributed by atoms with Crippen molar-refractivity contribution in [2.45, 2.75) is 90.3 Å². The molecule has 3 heteroatoms. The molecule has 2 unspecified atom stereocenters. The van der Waals surface area contributed by atoms with Gasteiger partial charge in [0.05, 0.1) is 6.04 Å². The van der Waals surface area contributed by atoms with E-state index in [0.29, 0.717) is 12.1 Å². The van der Waals surface area contributed by atoms with Crippen LogP contribution in [0.3, 0.4) is 0 Å². The van der Waals surface area contributed by atoms with Gasteiger partial charge in [-0.3, -0.25) is 4.79 Å². The lowest BCUT2D eigenvalue weighted by Gasteiger charge is -2.26. The van der Waals surface area contributed by atoms with Crippen molar-refractivity contribution in [3.05, 3.63) is 0 Å². The molecule has 0 bridgehead atoms. The Bertz CT molecular complexity index is 237. The van der Waals surface area contributed by atoms with E-state index in [4.69, 9.17) is 0 Å². The molecule has 1 saturated carbocycles. The molecule has 0 heterocycles. The second-order valence-corrected chi connectivity index (χ2v) is 5.63. The normalized spacial score (nSPS) is 20.4. The number of carbonyl (C=O) groups is 1. The van der Waals surface area contributed by atoms with Crippen molar-refractivity contribution in [2.24, 2.45) is 0 Å². The fourth-order valence-electron chi connectivity index (χ4n) is 2.76. The fourth-order valence-corrected chi connectivity index (χ4v) is 2.76. The predicted octanol–water partition coefficient (Wildman–Crippen LogP) is 2.99.